The van der Waals surface area contributed by atoms with E-state index in [2.05, 4.69) is 15.0 Å². The van der Waals surface area contributed by atoms with Crippen LogP contribution in [-0.2, 0) is 4.74 Å². The molecule has 2 heterocycles. The Morgan fingerprint density at radius 2 is 2.38 bits per heavy atom. The molecule has 0 fully saturated rings. The number of hydrogen-bond donors (Lipinski definition) is 0. The first kappa shape index (κ1) is 7.97. The summed E-state index contributed by atoms with van der Waals surface area (Å²) in [5.41, 5.74) is 0.622. The fourth-order valence-corrected chi connectivity index (χ4v) is 1.04. The Bertz CT molecular complexity index is 338. The Kier molecular flexibility index (Phi) is 2.08. The Morgan fingerprint density at radius 3 is 3.08 bits per heavy atom. The third-order valence-corrected chi connectivity index (χ3v) is 1.63. The van der Waals surface area contributed by atoms with E-state index in [1.165, 1.54) is 0 Å². The molecule has 68 valence electrons. The largest absolute Gasteiger partial charge is 0.480 e. The van der Waals surface area contributed by atoms with Gasteiger partial charge in [0.2, 0.25) is 11.8 Å². The van der Waals surface area contributed by atoms with Crippen LogP contribution in [-0.4, -0.2) is 36.1 Å². The molecular weight excluding hydrogens is 170 g/mol. The Labute approximate surface area is 75.4 Å². The van der Waals surface area contributed by atoms with Gasteiger partial charge in [-0.1, -0.05) is 0 Å². The van der Waals surface area contributed by atoms with E-state index in [-0.39, 0.29) is 0 Å². The maximum absolute atomic E-state index is 5.23. The first-order chi connectivity index (χ1) is 6.40. The minimum Gasteiger partial charge on any atom is -0.480 e. The average Bonchev–Trinajstić information content (AvgIpc) is 2.71. The Morgan fingerprint density at radius 1 is 1.46 bits per heavy atom. The van der Waals surface area contributed by atoms with E-state index in [1.807, 2.05) is 0 Å². The predicted molar refractivity (Wildman–Crippen MR) is 45.9 cm³/mol. The second-order valence-corrected chi connectivity index (χ2v) is 2.48. The number of aliphatic imine (C=N–C) groups is 1. The van der Waals surface area contributed by atoms with Gasteiger partial charge in [-0.25, -0.2) is 9.98 Å². The number of aromatic nitrogens is 2. The highest BCUT2D eigenvalue weighted by molar-refractivity contribution is 5.92. The van der Waals surface area contributed by atoms with Crippen molar-refractivity contribution in [2.75, 3.05) is 20.3 Å². The predicted octanol–water partition coefficient (Wildman–Crippen LogP) is 0.262. The van der Waals surface area contributed by atoms with Crippen molar-refractivity contribution < 1.29 is 9.47 Å². The minimum absolute atomic E-state index is 0.468. The Hall–Kier alpha value is -1.65. The second kappa shape index (κ2) is 3.38. The molecule has 5 nitrogen and oxygen atoms in total. The van der Waals surface area contributed by atoms with Crippen molar-refractivity contribution in [2.45, 2.75) is 0 Å². The fraction of sp³-hybridized carbons (Fsp3) is 0.375. The lowest BCUT2D eigenvalue weighted by Crippen LogP contribution is -2.05. The van der Waals surface area contributed by atoms with Crippen LogP contribution in [0.2, 0.25) is 0 Å². The number of methoxy groups -OCH3 is 1. The molecule has 0 spiro atoms. The smallest absolute Gasteiger partial charge is 0.237 e. The molecule has 0 radical (unpaired) electrons. The van der Waals surface area contributed by atoms with E-state index in [9.17, 15) is 0 Å². The van der Waals surface area contributed by atoms with Crippen LogP contribution in [0.25, 0.3) is 0 Å². The van der Waals surface area contributed by atoms with Crippen LogP contribution >= 0.6 is 0 Å². The molecule has 0 saturated heterocycles. The Balaban J connectivity index is 2.29. The zero-order valence-electron chi connectivity index (χ0n) is 7.23. The van der Waals surface area contributed by atoms with Gasteiger partial charge in [-0.15, -0.1) is 0 Å². The summed E-state index contributed by atoms with van der Waals surface area (Å²) in [6, 6.07) is 0. The molecule has 1 aromatic rings. The molecule has 1 aliphatic rings. The quantitative estimate of drug-likeness (QED) is 0.653. The molecule has 0 aliphatic carbocycles. The molecule has 0 unspecified atom stereocenters. The van der Waals surface area contributed by atoms with Gasteiger partial charge in [-0.3, -0.25) is 4.98 Å². The molecule has 0 saturated carbocycles. The van der Waals surface area contributed by atoms with Gasteiger partial charge in [0.25, 0.3) is 0 Å². The van der Waals surface area contributed by atoms with Gasteiger partial charge < -0.3 is 9.47 Å². The van der Waals surface area contributed by atoms with E-state index in [0.29, 0.717) is 30.6 Å². The normalized spacial score (nSPS) is 15.0. The number of ether oxygens (including phenoxy) is 2. The molecule has 5 heteroatoms. The lowest BCUT2D eigenvalue weighted by atomic mass is 10.4. The maximum Gasteiger partial charge on any atom is 0.237 e. The van der Waals surface area contributed by atoms with Gasteiger partial charge in [-0.2, -0.15) is 0 Å². The van der Waals surface area contributed by atoms with Crippen LogP contribution in [0.5, 0.6) is 5.88 Å². The summed E-state index contributed by atoms with van der Waals surface area (Å²) in [4.78, 5) is 12.2. The molecule has 0 amide bonds. The summed E-state index contributed by atoms with van der Waals surface area (Å²) < 4.78 is 10.2. The molecule has 1 aliphatic heterocycles. The van der Waals surface area contributed by atoms with E-state index in [1.54, 1.807) is 19.5 Å². The third kappa shape index (κ3) is 1.58. The van der Waals surface area contributed by atoms with E-state index < -0.39 is 0 Å². The molecule has 0 bridgehead atoms. The van der Waals surface area contributed by atoms with Crippen molar-refractivity contribution in [2.24, 2.45) is 4.99 Å². The van der Waals surface area contributed by atoms with Crippen molar-refractivity contribution in [3.63, 3.8) is 0 Å². The topological polar surface area (TPSA) is 56.6 Å². The fourth-order valence-electron chi connectivity index (χ4n) is 1.04. The average molecular weight is 179 g/mol. The van der Waals surface area contributed by atoms with Crippen LogP contribution in [0.1, 0.15) is 5.69 Å². The van der Waals surface area contributed by atoms with Gasteiger partial charge >= 0.3 is 0 Å². The molecule has 2 rings (SSSR count). The summed E-state index contributed by atoms with van der Waals surface area (Å²) >= 11 is 0. The molecule has 1 aromatic heterocycles. The SMILES string of the molecule is COc1cncc(C2=NCCO2)n1. The summed E-state index contributed by atoms with van der Waals surface area (Å²) in [5, 5.41) is 0. The summed E-state index contributed by atoms with van der Waals surface area (Å²) in [7, 11) is 1.55. The van der Waals surface area contributed by atoms with Crippen LogP contribution in [0.3, 0.4) is 0 Å². The maximum atomic E-state index is 5.23. The third-order valence-electron chi connectivity index (χ3n) is 1.63. The van der Waals surface area contributed by atoms with Crippen molar-refractivity contribution in [3.8, 4) is 5.88 Å². The van der Waals surface area contributed by atoms with Gasteiger partial charge in [0.05, 0.1) is 26.0 Å². The van der Waals surface area contributed by atoms with Crippen molar-refractivity contribution in [1.82, 2.24) is 9.97 Å². The van der Waals surface area contributed by atoms with E-state index in [0.717, 1.165) is 0 Å². The van der Waals surface area contributed by atoms with Gasteiger partial charge in [0.1, 0.15) is 12.3 Å². The minimum atomic E-state index is 0.468. The zero-order chi connectivity index (χ0) is 9.10. The molecule has 0 aromatic carbocycles. The van der Waals surface area contributed by atoms with Crippen LogP contribution < -0.4 is 4.74 Å². The zero-order valence-corrected chi connectivity index (χ0v) is 7.23. The van der Waals surface area contributed by atoms with Gasteiger partial charge in [-0.05, 0) is 0 Å². The first-order valence-electron chi connectivity index (χ1n) is 3.94. The standard InChI is InChI=1S/C8H9N3O2/c1-12-7-5-9-4-6(11-7)8-10-2-3-13-8/h4-5H,2-3H2,1H3. The van der Waals surface area contributed by atoms with Crippen LogP contribution in [0.4, 0.5) is 0 Å². The van der Waals surface area contributed by atoms with Gasteiger partial charge in [0.15, 0.2) is 0 Å². The highest BCUT2D eigenvalue weighted by Gasteiger charge is 2.12. The number of rotatable bonds is 2. The monoisotopic (exact) mass is 179 g/mol. The summed E-state index contributed by atoms with van der Waals surface area (Å²) in [5.74, 6) is 1.02. The lowest BCUT2D eigenvalue weighted by Gasteiger charge is -2.01. The molecule has 0 N–H and O–H groups in total. The van der Waals surface area contributed by atoms with E-state index in [4.69, 9.17) is 9.47 Å². The molecular formula is C8H9N3O2. The lowest BCUT2D eigenvalue weighted by molar-refractivity contribution is 0.345. The molecule has 0 atom stereocenters. The number of nitrogens with zero attached hydrogens (tertiary/aromatic N) is 3. The second-order valence-electron chi connectivity index (χ2n) is 2.48. The van der Waals surface area contributed by atoms with Crippen LogP contribution in [0, 0.1) is 0 Å². The van der Waals surface area contributed by atoms with Crippen molar-refractivity contribution >= 4 is 5.90 Å². The number of hydrogen-bond acceptors (Lipinski definition) is 5. The highest BCUT2D eigenvalue weighted by atomic mass is 16.5. The van der Waals surface area contributed by atoms with E-state index >= 15 is 0 Å². The summed E-state index contributed by atoms with van der Waals surface area (Å²) in [6.07, 6.45) is 3.14. The van der Waals surface area contributed by atoms with Gasteiger partial charge in [0, 0.05) is 0 Å². The summed E-state index contributed by atoms with van der Waals surface area (Å²) in [6.45, 7) is 1.31. The van der Waals surface area contributed by atoms with Crippen molar-refractivity contribution in [3.05, 3.63) is 18.1 Å². The van der Waals surface area contributed by atoms with Crippen molar-refractivity contribution in [1.29, 1.82) is 0 Å². The first-order valence-corrected chi connectivity index (χ1v) is 3.94. The van der Waals surface area contributed by atoms with Crippen LogP contribution in [0.15, 0.2) is 17.4 Å². The highest BCUT2D eigenvalue weighted by Crippen LogP contribution is 2.08. The molecule has 13 heavy (non-hydrogen) atoms.